The molecule has 0 unspecified atom stereocenters. The third kappa shape index (κ3) is 5.26. The molecule has 3 N–H and O–H groups in total. The Labute approximate surface area is 231 Å². The van der Waals surface area contributed by atoms with Crippen molar-refractivity contribution in [1.82, 2.24) is 10.3 Å². The number of carbonyl (C=O) groups is 2. The van der Waals surface area contributed by atoms with Gasteiger partial charge in [0.25, 0.3) is 0 Å². The molecule has 5 rings (SSSR count). The van der Waals surface area contributed by atoms with Crippen LogP contribution in [0.3, 0.4) is 0 Å². The van der Waals surface area contributed by atoms with Crippen molar-refractivity contribution in [3.8, 4) is 11.3 Å². The van der Waals surface area contributed by atoms with Crippen LogP contribution in [0.25, 0.3) is 11.3 Å². The minimum absolute atomic E-state index is 0.0487. The lowest BCUT2D eigenvalue weighted by Gasteiger charge is -2.27. The zero-order chi connectivity index (χ0) is 27.7. The maximum atomic E-state index is 12.3. The smallest absolute Gasteiger partial charge is 0.335 e. The van der Waals surface area contributed by atoms with E-state index in [4.69, 9.17) is 16.6 Å². The molecule has 1 amide bonds. The number of furan rings is 1. The predicted molar refractivity (Wildman–Crippen MR) is 154 cm³/mol. The average Bonchev–Trinajstić information content (AvgIpc) is 3.55. The van der Waals surface area contributed by atoms with Gasteiger partial charge in [-0.3, -0.25) is 9.78 Å². The first-order chi connectivity index (χ1) is 18.7. The first-order valence-electron chi connectivity index (χ1n) is 12.6. The second-order valence-electron chi connectivity index (χ2n) is 9.73. The minimum atomic E-state index is -1.00. The van der Waals surface area contributed by atoms with Gasteiger partial charge in [0.15, 0.2) is 5.11 Å². The van der Waals surface area contributed by atoms with Gasteiger partial charge in [0.1, 0.15) is 17.6 Å². The molecule has 2 atom stereocenters. The standard InChI is InChI=1S/C30H28N4O4S/c1-17(2)28(35)32-22-11-10-21(15-18(22)3)34-27(26(33-30(34)39)23-9-4-5-14-31-23)25-13-12-24(38-25)19-7-6-8-20(16-19)29(36)37/h4-17,26-27H,1-3H3,(H,32,35)(H,33,39)(H,36,37)/t26-,27+/m1/s1. The molecule has 0 aliphatic carbocycles. The molecule has 3 heterocycles. The summed E-state index contributed by atoms with van der Waals surface area (Å²) < 4.78 is 6.35. The van der Waals surface area contributed by atoms with Crippen LogP contribution in [0.1, 0.15) is 53.3 Å². The van der Waals surface area contributed by atoms with Gasteiger partial charge in [-0.05, 0) is 79.3 Å². The Bertz CT molecular complexity index is 1550. The molecule has 39 heavy (non-hydrogen) atoms. The van der Waals surface area contributed by atoms with E-state index in [-0.39, 0.29) is 29.5 Å². The zero-order valence-corrected chi connectivity index (χ0v) is 22.5. The van der Waals surface area contributed by atoms with Gasteiger partial charge in [-0.2, -0.15) is 0 Å². The number of benzene rings is 2. The Morgan fingerprint density at radius 1 is 1.08 bits per heavy atom. The third-order valence-corrected chi connectivity index (χ3v) is 7.00. The first kappa shape index (κ1) is 26.1. The number of nitrogens with one attached hydrogen (secondary N) is 2. The van der Waals surface area contributed by atoms with Crippen LogP contribution >= 0.6 is 12.2 Å². The quantitative estimate of drug-likeness (QED) is 0.241. The van der Waals surface area contributed by atoms with Gasteiger partial charge in [0.2, 0.25) is 5.91 Å². The zero-order valence-electron chi connectivity index (χ0n) is 21.7. The number of aromatic carboxylic acids is 1. The van der Waals surface area contributed by atoms with Crippen LogP contribution in [0.2, 0.25) is 0 Å². The number of hydrogen-bond acceptors (Lipinski definition) is 5. The summed E-state index contributed by atoms with van der Waals surface area (Å²) in [6.45, 7) is 5.65. The molecule has 2 aromatic carbocycles. The fourth-order valence-corrected chi connectivity index (χ4v) is 4.96. The van der Waals surface area contributed by atoms with Gasteiger partial charge in [-0.25, -0.2) is 4.79 Å². The van der Waals surface area contributed by atoms with E-state index in [1.165, 1.54) is 0 Å². The summed E-state index contributed by atoms with van der Waals surface area (Å²) in [6.07, 6.45) is 1.74. The molecule has 0 saturated carbocycles. The highest BCUT2D eigenvalue weighted by molar-refractivity contribution is 7.80. The van der Waals surface area contributed by atoms with Crippen LogP contribution in [0, 0.1) is 12.8 Å². The number of thiocarbonyl (C=S) groups is 1. The van der Waals surface area contributed by atoms with E-state index in [9.17, 15) is 14.7 Å². The van der Waals surface area contributed by atoms with Crippen molar-refractivity contribution in [3.63, 3.8) is 0 Å². The van der Waals surface area contributed by atoms with Gasteiger partial charge >= 0.3 is 5.97 Å². The number of carbonyl (C=O) groups excluding carboxylic acids is 1. The monoisotopic (exact) mass is 540 g/mol. The number of nitrogens with zero attached hydrogens (tertiary/aromatic N) is 2. The Balaban J connectivity index is 1.55. The molecule has 9 heteroatoms. The molecule has 0 radical (unpaired) electrons. The molecule has 1 fully saturated rings. The predicted octanol–water partition coefficient (Wildman–Crippen LogP) is 6.12. The van der Waals surface area contributed by atoms with Crippen molar-refractivity contribution in [2.24, 2.45) is 5.92 Å². The summed E-state index contributed by atoms with van der Waals surface area (Å²) >= 11 is 5.81. The third-order valence-electron chi connectivity index (χ3n) is 6.68. The molecule has 2 aromatic heterocycles. The number of aromatic nitrogens is 1. The number of carboxylic acid groups (broad SMARTS) is 1. The van der Waals surface area contributed by atoms with Gasteiger partial charge < -0.3 is 25.1 Å². The number of amides is 1. The number of pyridine rings is 1. The molecule has 1 saturated heterocycles. The van der Waals surface area contributed by atoms with Crippen LogP contribution in [-0.4, -0.2) is 27.1 Å². The maximum absolute atomic E-state index is 12.3. The van der Waals surface area contributed by atoms with Crippen molar-refractivity contribution in [2.75, 3.05) is 10.2 Å². The van der Waals surface area contributed by atoms with Crippen LogP contribution in [-0.2, 0) is 4.79 Å². The van der Waals surface area contributed by atoms with Crippen molar-refractivity contribution in [3.05, 3.63) is 102 Å². The number of rotatable bonds is 7. The van der Waals surface area contributed by atoms with E-state index in [1.54, 1.807) is 24.4 Å². The largest absolute Gasteiger partial charge is 0.478 e. The molecule has 1 aliphatic heterocycles. The van der Waals surface area contributed by atoms with E-state index in [2.05, 4.69) is 15.6 Å². The first-order valence-corrected chi connectivity index (χ1v) is 13.0. The molecule has 0 spiro atoms. The molecular weight excluding hydrogens is 512 g/mol. The summed E-state index contributed by atoms with van der Waals surface area (Å²) in [5.74, 6) is 0.00979. The number of anilines is 2. The summed E-state index contributed by atoms with van der Waals surface area (Å²) in [4.78, 5) is 30.3. The summed E-state index contributed by atoms with van der Waals surface area (Å²) in [6, 6.07) is 21.2. The van der Waals surface area contributed by atoms with E-state index >= 15 is 0 Å². The summed E-state index contributed by atoms with van der Waals surface area (Å²) in [7, 11) is 0. The van der Waals surface area contributed by atoms with E-state index in [1.807, 2.05) is 80.3 Å². The normalized spacial score (nSPS) is 16.8. The Morgan fingerprint density at radius 3 is 2.59 bits per heavy atom. The van der Waals surface area contributed by atoms with Gasteiger partial charge in [-0.1, -0.05) is 32.0 Å². The van der Waals surface area contributed by atoms with Crippen LogP contribution in [0.15, 0.2) is 83.4 Å². The Morgan fingerprint density at radius 2 is 1.90 bits per heavy atom. The number of carboxylic acids is 1. The maximum Gasteiger partial charge on any atom is 0.335 e. The molecule has 1 aliphatic rings. The molecule has 0 bridgehead atoms. The van der Waals surface area contributed by atoms with E-state index < -0.39 is 5.97 Å². The molecule has 4 aromatic rings. The summed E-state index contributed by atoms with van der Waals surface area (Å²) in [5.41, 5.74) is 4.12. The van der Waals surface area contributed by atoms with Gasteiger partial charge in [0, 0.05) is 29.1 Å². The van der Waals surface area contributed by atoms with Crippen molar-refractivity contribution in [1.29, 1.82) is 0 Å². The lowest BCUT2D eigenvalue weighted by molar-refractivity contribution is -0.118. The van der Waals surface area contributed by atoms with Crippen LogP contribution < -0.4 is 15.5 Å². The van der Waals surface area contributed by atoms with Crippen LogP contribution in [0.5, 0.6) is 0 Å². The fraction of sp³-hybridized carbons (Fsp3) is 0.200. The molecule has 8 nitrogen and oxygen atoms in total. The van der Waals surface area contributed by atoms with E-state index in [0.717, 1.165) is 22.6 Å². The van der Waals surface area contributed by atoms with Crippen molar-refractivity contribution in [2.45, 2.75) is 32.9 Å². The van der Waals surface area contributed by atoms with Crippen LogP contribution in [0.4, 0.5) is 11.4 Å². The fourth-order valence-electron chi connectivity index (χ4n) is 4.61. The topological polar surface area (TPSA) is 108 Å². The Kier molecular flexibility index (Phi) is 7.17. The average molecular weight is 541 g/mol. The van der Waals surface area contributed by atoms with Gasteiger partial charge in [0.05, 0.1) is 17.3 Å². The molecular formula is C30H28N4O4S. The highest BCUT2D eigenvalue weighted by Crippen LogP contribution is 2.43. The number of aryl methyl sites for hydroxylation is 1. The van der Waals surface area contributed by atoms with Crippen molar-refractivity contribution < 1.29 is 19.1 Å². The lowest BCUT2D eigenvalue weighted by Crippen LogP contribution is -2.29. The highest BCUT2D eigenvalue weighted by Gasteiger charge is 2.42. The highest BCUT2D eigenvalue weighted by atomic mass is 32.1. The summed E-state index contributed by atoms with van der Waals surface area (Å²) in [5, 5.41) is 16.3. The minimum Gasteiger partial charge on any atom is -0.478 e. The van der Waals surface area contributed by atoms with E-state index in [0.29, 0.717) is 22.2 Å². The molecule has 198 valence electrons. The lowest BCUT2D eigenvalue weighted by atomic mass is 10.0. The SMILES string of the molecule is Cc1cc(N2C(=S)N[C@H](c3ccccn3)[C@@H]2c2ccc(-c3cccc(C(=O)O)c3)o2)ccc1NC(=O)C(C)C. The van der Waals surface area contributed by atoms with Crippen molar-refractivity contribution >= 4 is 40.6 Å². The second-order valence-corrected chi connectivity index (χ2v) is 10.1. The number of hydrogen-bond donors (Lipinski definition) is 3. The Hall–Kier alpha value is -4.50. The van der Waals surface area contributed by atoms with Gasteiger partial charge in [-0.15, -0.1) is 0 Å². The second kappa shape index (κ2) is 10.7.